The van der Waals surface area contributed by atoms with Crippen LogP contribution < -0.4 is 0 Å². The van der Waals surface area contributed by atoms with Crippen LogP contribution in [-0.4, -0.2) is 36.0 Å². The number of nitrogens with zero attached hydrogens (tertiary/aromatic N) is 2. The van der Waals surface area contributed by atoms with E-state index < -0.39 is 5.97 Å². The highest BCUT2D eigenvalue weighted by molar-refractivity contribution is 5.85. The lowest BCUT2D eigenvalue weighted by atomic mass is 10.0. The van der Waals surface area contributed by atoms with Gasteiger partial charge in [0.1, 0.15) is 5.84 Å². The van der Waals surface area contributed by atoms with E-state index in [1.54, 1.807) is 0 Å². The molecule has 0 fully saturated rings. The molecule has 0 aliphatic carbocycles. The number of hydrogen-bond acceptors (Lipinski definition) is 4. The summed E-state index contributed by atoms with van der Waals surface area (Å²) in [7, 11) is 0. The standard InChI is InChI=1S/C26H46N2O2/c1-4-7-8-9-10-11-12-13-14-15-16-17-18-19-20-22-28-23-25(30-26(29)6-3)27-24(28)21-5-2/h6,19-20,25H,3-5,7-18,21-23H2,1-2H3/b20-19+. The lowest BCUT2D eigenvalue weighted by molar-refractivity contribution is -0.142. The minimum Gasteiger partial charge on any atom is -0.435 e. The number of aliphatic imine (C=N–C) groups is 1. The molecule has 0 saturated heterocycles. The maximum atomic E-state index is 11.4. The lowest BCUT2D eigenvalue weighted by Gasteiger charge is -2.18. The van der Waals surface area contributed by atoms with Crippen LogP contribution in [0.15, 0.2) is 29.8 Å². The lowest BCUT2D eigenvalue weighted by Crippen LogP contribution is -2.30. The van der Waals surface area contributed by atoms with Crippen LogP contribution in [0.1, 0.15) is 110 Å². The van der Waals surface area contributed by atoms with E-state index >= 15 is 0 Å². The summed E-state index contributed by atoms with van der Waals surface area (Å²) in [5.74, 6) is 0.651. The van der Waals surface area contributed by atoms with E-state index in [2.05, 4.69) is 42.5 Å². The van der Waals surface area contributed by atoms with E-state index in [1.807, 2.05) is 0 Å². The van der Waals surface area contributed by atoms with Crippen molar-refractivity contribution in [2.45, 2.75) is 116 Å². The number of hydrogen-bond donors (Lipinski definition) is 0. The second-order valence-corrected chi connectivity index (χ2v) is 8.45. The fourth-order valence-corrected chi connectivity index (χ4v) is 3.88. The topological polar surface area (TPSA) is 41.9 Å². The Hall–Kier alpha value is -1.58. The maximum absolute atomic E-state index is 11.4. The van der Waals surface area contributed by atoms with Crippen LogP contribution in [0, 0.1) is 0 Å². The second kappa shape index (κ2) is 18.2. The summed E-state index contributed by atoms with van der Waals surface area (Å²) in [4.78, 5) is 18.2. The molecule has 172 valence electrons. The number of rotatable bonds is 19. The molecule has 1 rings (SSSR count). The zero-order chi connectivity index (χ0) is 21.9. The minimum absolute atomic E-state index is 0.387. The fourth-order valence-electron chi connectivity index (χ4n) is 3.88. The third-order valence-electron chi connectivity index (χ3n) is 5.64. The average molecular weight is 419 g/mol. The number of carbonyl (C=O) groups is 1. The first kappa shape index (κ1) is 26.5. The van der Waals surface area contributed by atoms with E-state index in [0.29, 0.717) is 6.54 Å². The van der Waals surface area contributed by atoms with Gasteiger partial charge in [0.2, 0.25) is 6.23 Å². The first-order valence-electron chi connectivity index (χ1n) is 12.5. The number of allylic oxidation sites excluding steroid dienone is 1. The van der Waals surface area contributed by atoms with E-state index in [0.717, 1.165) is 31.6 Å². The SMILES string of the molecule is C=CC(=O)OC1CN(C/C=C/CCCCCCCCCCCCCC)C(CCC)=N1. The molecule has 0 aromatic rings. The molecule has 0 saturated carbocycles. The Morgan fingerprint density at radius 3 is 2.13 bits per heavy atom. The molecule has 0 N–H and O–H groups in total. The Morgan fingerprint density at radius 1 is 0.967 bits per heavy atom. The Bertz CT molecular complexity index is 513. The molecule has 0 radical (unpaired) electrons. The number of ether oxygens (including phenoxy) is 1. The summed E-state index contributed by atoms with van der Waals surface area (Å²) in [6, 6.07) is 0. The van der Waals surface area contributed by atoms with Gasteiger partial charge in [0.05, 0.1) is 6.54 Å². The largest absolute Gasteiger partial charge is 0.435 e. The molecular formula is C26H46N2O2. The van der Waals surface area contributed by atoms with Crippen molar-refractivity contribution in [1.82, 2.24) is 4.90 Å². The second-order valence-electron chi connectivity index (χ2n) is 8.45. The van der Waals surface area contributed by atoms with Crippen molar-refractivity contribution in [3.8, 4) is 0 Å². The highest BCUT2D eigenvalue weighted by Crippen LogP contribution is 2.15. The molecule has 1 atom stereocenters. The van der Waals surface area contributed by atoms with Gasteiger partial charge in [-0.25, -0.2) is 9.79 Å². The maximum Gasteiger partial charge on any atom is 0.332 e. The zero-order valence-corrected chi connectivity index (χ0v) is 19.7. The smallest absolute Gasteiger partial charge is 0.332 e. The van der Waals surface area contributed by atoms with Crippen molar-refractivity contribution in [1.29, 1.82) is 0 Å². The van der Waals surface area contributed by atoms with Crippen molar-refractivity contribution in [3.63, 3.8) is 0 Å². The predicted octanol–water partition coefficient (Wildman–Crippen LogP) is 7.20. The van der Waals surface area contributed by atoms with Crippen LogP contribution in [0.4, 0.5) is 0 Å². The van der Waals surface area contributed by atoms with Gasteiger partial charge in [0.25, 0.3) is 0 Å². The van der Waals surface area contributed by atoms with Gasteiger partial charge >= 0.3 is 5.97 Å². The molecule has 1 aliphatic rings. The van der Waals surface area contributed by atoms with Gasteiger partial charge in [-0.05, 0) is 19.3 Å². The van der Waals surface area contributed by atoms with E-state index in [-0.39, 0.29) is 6.23 Å². The van der Waals surface area contributed by atoms with Crippen LogP contribution in [-0.2, 0) is 9.53 Å². The highest BCUT2D eigenvalue weighted by Gasteiger charge is 2.25. The molecule has 0 spiro atoms. The third-order valence-corrected chi connectivity index (χ3v) is 5.64. The molecule has 30 heavy (non-hydrogen) atoms. The van der Waals surface area contributed by atoms with Gasteiger partial charge < -0.3 is 9.64 Å². The minimum atomic E-state index is -0.399. The van der Waals surface area contributed by atoms with Gasteiger partial charge in [-0.3, -0.25) is 0 Å². The summed E-state index contributed by atoms with van der Waals surface area (Å²) in [5, 5.41) is 0. The van der Waals surface area contributed by atoms with Gasteiger partial charge in [-0.2, -0.15) is 0 Å². The quantitative estimate of drug-likeness (QED) is 0.0963. The van der Waals surface area contributed by atoms with Crippen molar-refractivity contribution in [2.75, 3.05) is 13.1 Å². The molecule has 1 heterocycles. The molecule has 1 aliphatic heterocycles. The predicted molar refractivity (Wildman–Crippen MR) is 129 cm³/mol. The van der Waals surface area contributed by atoms with E-state index in [9.17, 15) is 4.79 Å². The van der Waals surface area contributed by atoms with Crippen molar-refractivity contribution >= 4 is 11.8 Å². The number of amidine groups is 1. The highest BCUT2D eigenvalue weighted by atomic mass is 16.6. The fraction of sp³-hybridized carbons (Fsp3) is 0.769. The first-order chi connectivity index (χ1) is 14.7. The Kier molecular flexibility index (Phi) is 16.1. The molecule has 0 aromatic heterocycles. The molecule has 4 heteroatoms. The number of esters is 1. The Balaban J connectivity index is 2.03. The normalized spacial score (nSPS) is 16.3. The Labute approximate surface area is 185 Å². The monoisotopic (exact) mass is 418 g/mol. The van der Waals surface area contributed by atoms with Crippen LogP contribution in [0.25, 0.3) is 0 Å². The van der Waals surface area contributed by atoms with Gasteiger partial charge in [-0.15, -0.1) is 0 Å². The molecule has 0 amide bonds. The average Bonchev–Trinajstić information content (AvgIpc) is 3.12. The van der Waals surface area contributed by atoms with E-state index in [4.69, 9.17) is 4.74 Å². The summed E-state index contributed by atoms with van der Waals surface area (Å²) in [6.45, 7) is 9.37. The van der Waals surface area contributed by atoms with Gasteiger partial charge in [0, 0.05) is 19.0 Å². The number of unbranched alkanes of at least 4 members (excludes halogenated alkanes) is 12. The molecular weight excluding hydrogens is 372 g/mol. The zero-order valence-electron chi connectivity index (χ0n) is 19.7. The van der Waals surface area contributed by atoms with Gasteiger partial charge in [-0.1, -0.05) is 103 Å². The van der Waals surface area contributed by atoms with Crippen LogP contribution >= 0.6 is 0 Å². The molecule has 4 nitrogen and oxygen atoms in total. The van der Waals surface area contributed by atoms with Crippen LogP contribution in [0.2, 0.25) is 0 Å². The first-order valence-corrected chi connectivity index (χ1v) is 12.5. The molecule has 0 bridgehead atoms. The van der Waals surface area contributed by atoms with Crippen molar-refractivity contribution < 1.29 is 9.53 Å². The van der Waals surface area contributed by atoms with E-state index in [1.165, 1.54) is 83.1 Å². The summed E-state index contributed by atoms with van der Waals surface area (Å²) in [5.41, 5.74) is 0. The van der Waals surface area contributed by atoms with Crippen LogP contribution in [0.5, 0.6) is 0 Å². The van der Waals surface area contributed by atoms with Crippen LogP contribution in [0.3, 0.4) is 0 Å². The Morgan fingerprint density at radius 2 is 1.57 bits per heavy atom. The summed E-state index contributed by atoms with van der Waals surface area (Å²) >= 11 is 0. The molecule has 1 unspecified atom stereocenters. The van der Waals surface area contributed by atoms with Crippen molar-refractivity contribution in [3.05, 3.63) is 24.8 Å². The third kappa shape index (κ3) is 12.9. The number of carbonyl (C=O) groups excluding carboxylic acids is 1. The van der Waals surface area contributed by atoms with Gasteiger partial charge in [0.15, 0.2) is 0 Å². The molecule has 0 aromatic carbocycles. The van der Waals surface area contributed by atoms with Crippen molar-refractivity contribution in [2.24, 2.45) is 4.99 Å². The summed E-state index contributed by atoms with van der Waals surface area (Å²) in [6.07, 6.45) is 25.2. The summed E-state index contributed by atoms with van der Waals surface area (Å²) < 4.78 is 5.29.